The van der Waals surface area contributed by atoms with Gasteiger partial charge < -0.3 is 5.32 Å². The highest BCUT2D eigenvalue weighted by atomic mass is 32.1. The van der Waals surface area contributed by atoms with Crippen molar-refractivity contribution in [1.82, 2.24) is 10.3 Å². The number of halogens is 1. The maximum atomic E-state index is 13.1. The van der Waals surface area contributed by atoms with Gasteiger partial charge in [-0.05, 0) is 30.0 Å². The summed E-state index contributed by atoms with van der Waals surface area (Å²) >= 11 is 1.36. The van der Waals surface area contributed by atoms with E-state index < -0.39 is 0 Å². The van der Waals surface area contributed by atoms with Crippen molar-refractivity contribution in [3.05, 3.63) is 51.7 Å². The van der Waals surface area contributed by atoms with Crippen LogP contribution in [0.25, 0.3) is 0 Å². The summed E-state index contributed by atoms with van der Waals surface area (Å²) in [7, 11) is 0. The molecule has 0 aliphatic carbocycles. The highest BCUT2D eigenvalue weighted by Crippen LogP contribution is 2.33. The summed E-state index contributed by atoms with van der Waals surface area (Å²) < 4.78 is 13.1. The molecule has 1 N–H and O–H groups in total. The molecule has 112 valence electrons. The van der Waals surface area contributed by atoms with E-state index in [9.17, 15) is 9.18 Å². The minimum atomic E-state index is -0.282. The summed E-state index contributed by atoms with van der Waals surface area (Å²) in [5.74, 6) is -0.430. The first-order chi connectivity index (χ1) is 9.77. The second-order valence-corrected chi connectivity index (χ2v) is 7.30. The fourth-order valence-electron chi connectivity index (χ4n) is 2.12. The maximum absolute atomic E-state index is 13.1. The van der Waals surface area contributed by atoms with Crippen LogP contribution in [0.4, 0.5) is 4.39 Å². The number of carbonyl (C=O) groups is 1. The number of carbonyl (C=O) groups excluding carboxylic acids is 1. The Morgan fingerprint density at radius 2 is 1.90 bits per heavy atom. The first kappa shape index (κ1) is 15.6. The van der Waals surface area contributed by atoms with E-state index in [1.807, 2.05) is 27.7 Å². The van der Waals surface area contributed by atoms with Crippen molar-refractivity contribution in [3.63, 3.8) is 0 Å². The fourth-order valence-corrected chi connectivity index (χ4v) is 2.80. The van der Waals surface area contributed by atoms with Crippen molar-refractivity contribution in [1.29, 1.82) is 0 Å². The lowest BCUT2D eigenvalue weighted by atomic mass is 9.82. The molecule has 5 heteroatoms. The van der Waals surface area contributed by atoms with Gasteiger partial charge in [0.1, 0.15) is 10.7 Å². The molecule has 2 rings (SSSR count). The molecule has 1 amide bonds. The fraction of sp³-hybridized carbons (Fsp3) is 0.375. The maximum Gasteiger partial charge on any atom is 0.263 e. The van der Waals surface area contributed by atoms with Crippen LogP contribution in [0.5, 0.6) is 0 Å². The number of benzene rings is 1. The van der Waals surface area contributed by atoms with Gasteiger partial charge in [-0.15, -0.1) is 11.3 Å². The summed E-state index contributed by atoms with van der Waals surface area (Å²) in [5, 5.41) is 3.89. The van der Waals surface area contributed by atoms with Gasteiger partial charge in [0.25, 0.3) is 5.91 Å². The Balaban J connectivity index is 2.25. The van der Waals surface area contributed by atoms with E-state index in [-0.39, 0.29) is 23.2 Å². The lowest BCUT2D eigenvalue weighted by Gasteiger charge is -2.31. The van der Waals surface area contributed by atoms with Gasteiger partial charge in [0, 0.05) is 0 Å². The van der Waals surface area contributed by atoms with Gasteiger partial charge in [-0.2, -0.15) is 0 Å². The molecule has 0 radical (unpaired) electrons. The summed E-state index contributed by atoms with van der Waals surface area (Å²) in [6, 6.07) is 6.05. The number of aryl methyl sites for hydroxylation is 1. The topological polar surface area (TPSA) is 42.0 Å². The predicted octanol–water partition coefficient (Wildman–Crippen LogP) is 4.11. The Morgan fingerprint density at radius 3 is 2.38 bits per heavy atom. The molecule has 0 bridgehead atoms. The molecule has 0 saturated heterocycles. The Kier molecular flexibility index (Phi) is 4.42. The second kappa shape index (κ2) is 5.93. The summed E-state index contributed by atoms with van der Waals surface area (Å²) in [5.41, 5.74) is 0.700. The lowest BCUT2D eigenvalue weighted by Crippen LogP contribution is -2.36. The van der Waals surface area contributed by atoms with Gasteiger partial charge in [0.05, 0.1) is 17.2 Å². The Bertz CT molecular complexity index is 628. The number of amides is 1. The van der Waals surface area contributed by atoms with Crippen LogP contribution in [-0.2, 0) is 0 Å². The van der Waals surface area contributed by atoms with Crippen molar-refractivity contribution in [2.24, 2.45) is 5.41 Å². The third kappa shape index (κ3) is 3.88. The third-order valence-electron chi connectivity index (χ3n) is 3.19. The van der Waals surface area contributed by atoms with E-state index in [0.717, 1.165) is 10.6 Å². The zero-order valence-corrected chi connectivity index (χ0v) is 13.4. The molecule has 1 aromatic heterocycles. The lowest BCUT2D eigenvalue weighted by molar-refractivity contribution is 0.0905. The molecule has 0 aliphatic rings. The highest BCUT2D eigenvalue weighted by molar-refractivity contribution is 7.13. The molecule has 1 atom stereocenters. The van der Waals surface area contributed by atoms with Crippen LogP contribution in [0.2, 0.25) is 0 Å². The number of thiazole rings is 1. The van der Waals surface area contributed by atoms with Crippen molar-refractivity contribution < 1.29 is 9.18 Å². The van der Waals surface area contributed by atoms with Gasteiger partial charge in [0.15, 0.2) is 0 Å². The quantitative estimate of drug-likeness (QED) is 0.927. The molecule has 21 heavy (non-hydrogen) atoms. The number of nitrogens with zero attached hydrogens (tertiary/aromatic N) is 1. The van der Waals surface area contributed by atoms with Gasteiger partial charge in [-0.3, -0.25) is 4.79 Å². The highest BCUT2D eigenvalue weighted by Gasteiger charge is 2.28. The Hall–Kier alpha value is -1.75. The Morgan fingerprint density at radius 1 is 1.29 bits per heavy atom. The molecule has 1 heterocycles. The van der Waals surface area contributed by atoms with E-state index in [1.54, 1.807) is 18.3 Å². The van der Waals surface area contributed by atoms with E-state index in [0.29, 0.717) is 4.88 Å². The van der Waals surface area contributed by atoms with Crippen molar-refractivity contribution >= 4 is 17.2 Å². The molecule has 0 fully saturated rings. The SMILES string of the molecule is Cc1ncc(C(=O)NC(c2ccc(F)cc2)C(C)(C)C)s1. The number of hydrogen-bond acceptors (Lipinski definition) is 3. The van der Waals surface area contributed by atoms with Gasteiger partial charge in [0.2, 0.25) is 0 Å². The van der Waals surface area contributed by atoms with E-state index in [2.05, 4.69) is 10.3 Å². The molecule has 0 spiro atoms. The first-order valence-electron chi connectivity index (χ1n) is 6.76. The zero-order valence-electron chi connectivity index (χ0n) is 12.6. The minimum absolute atomic E-state index is 0.148. The molecule has 1 aromatic carbocycles. The molecular weight excluding hydrogens is 287 g/mol. The number of rotatable bonds is 3. The molecular formula is C16H19FN2OS. The van der Waals surface area contributed by atoms with Crippen LogP contribution >= 0.6 is 11.3 Å². The van der Waals surface area contributed by atoms with E-state index >= 15 is 0 Å². The van der Waals surface area contributed by atoms with Gasteiger partial charge >= 0.3 is 0 Å². The van der Waals surface area contributed by atoms with E-state index in [1.165, 1.54) is 23.5 Å². The normalized spacial score (nSPS) is 13.0. The average Bonchev–Trinajstić information content (AvgIpc) is 2.82. The minimum Gasteiger partial charge on any atom is -0.344 e. The summed E-state index contributed by atoms with van der Waals surface area (Å²) in [6.07, 6.45) is 1.58. The standard InChI is InChI=1S/C16H19FN2OS/c1-10-18-9-13(21-10)15(20)19-14(16(2,3)4)11-5-7-12(17)8-6-11/h5-9,14H,1-4H3,(H,19,20). The van der Waals surface area contributed by atoms with Crippen LogP contribution in [0.1, 0.15) is 47.1 Å². The first-order valence-corrected chi connectivity index (χ1v) is 7.58. The van der Waals surface area contributed by atoms with Crippen LogP contribution in [-0.4, -0.2) is 10.9 Å². The summed E-state index contributed by atoms with van der Waals surface area (Å²) in [6.45, 7) is 7.99. The molecule has 2 aromatic rings. The molecule has 0 aliphatic heterocycles. The monoisotopic (exact) mass is 306 g/mol. The number of hydrogen-bond donors (Lipinski definition) is 1. The summed E-state index contributed by atoms with van der Waals surface area (Å²) in [4.78, 5) is 17.0. The Labute approximate surface area is 128 Å². The smallest absolute Gasteiger partial charge is 0.263 e. The predicted molar refractivity (Wildman–Crippen MR) is 82.9 cm³/mol. The van der Waals surface area contributed by atoms with Crippen LogP contribution in [0, 0.1) is 18.2 Å². The second-order valence-electron chi connectivity index (χ2n) is 6.07. The van der Waals surface area contributed by atoms with Crippen LogP contribution in [0.15, 0.2) is 30.5 Å². The largest absolute Gasteiger partial charge is 0.344 e. The average molecular weight is 306 g/mol. The van der Waals surface area contributed by atoms with Crippen molar-refractivity contribution in [2.75, 3.05) is 0 Å². The number of nitrogens with one attached hydrogen (secondary N) is 1. The third-order valence-corrected chi connectivity index (χ3v) is 4.10. The van der Waals surface area contributed by atoms with Gasteiger partial charge in [-0.1, -0.05) is 32.9 Å². The van der Waals surface area contributed by atoms with Crippen molar-refractivity contribution in [3.8, 4) is 0 Å². The zero-order chi connectivity index (χ0) is 15.6. The van der Waals surface area contributed by atoms with Crippen LogP contribution in [0.3, 0.4) is 0 Å². The molecule has 0 saturated carbocycles. The van der Waals surface area contributed by atoms with Crippen molar-refractivity contribution in [2.45, 2.75) is 33.7 Å². The number of aromatic nitrogens is 1. The molecule has 1 unspecified atom stereocenters. The molecule has 3 nitrogen and oxygen atoms in total. The van der Waals surface area contributed by atoms with Crippen LogP contribution < -0.4 is 5.32 Å². The van der Waals surface area contributed by atoms with E-state index in [4.69, 9.17) is 0 Å². The van der Waals surface area contributed by atoms with Gasteiger partial charge in [-0.25, -0.2) is 9.37 Å².